The fourth-order valence-corrected chi connectivity index (χ4v) is 7.88. The summed E-state index contributed by atoms with van der Waals surface area (Å²) in [5.74, 6) is -0.793. The molecule has 3 aliphatic rings. The second kappa shape index (κ2) is 11.5. The lowest BCUT2D eigenvalue weighted by Crippen LogP contribution is -2.41. The van der Waals surface area contributed by atoms with Crippen LogP contribution < -0.4 is 16.4 Å². The fraction of sp³-hybridized carbons (Fsp3) is 0.545. The minimum atomic E-state index is -5.09. The average molecular weight is 688 g/mol. The van der Waals surface area contributed by atoms with Crippen LogP contribution in [0.3, 0.4) is 0 Å². The molecule has 10 unspecified atom stereocenters. The Hall–Kier alpha value is -3.27. The lowest BCUT2D eigenvalue weighted by molar-refractivity contribution is -0.0523. The van der Waals surface area contributed by atoms with Crippen LogP contribution in [0.2, 0.25) is 0 Å². The van der Waals surface area contributed by atoms with Crippen LogP contribution in [-0.2, 0) is 32.2 Å². The molecule has 0 amide bonds. The van der Waals surface area contributed by atoms with Crippen LogP contribution in [0.1, 0.15) is 18.3 Å². The van der Waals surface area contributed by atoms with E-state index in [-0.39, 0.29) is 34.0 Å². The first kappa shape index (κ1) is 31.3. The van der Waals surface area contributed by atoms with Crippen molar-refractivity contribution in [3.05, 3.63) is 35.2 Å². The molecule has 0 saturated carbocycles. The summed E-state index contributed by atoms with van der Waals surface area (Å²) in [6.45, 7) is -0.631. The van der Waals surface area contributed by atoms with Crippen molar-refractivity contribution in [3.8, 4) is 0 Å². The molecular formula is C22H27FN10O11P2. The van der Waals surface area contributed by atoms with Gasteiger partial charge >= 0.3 is 15.6 Å². The van der Waals surface area contributed by atoms with Crippen molar-refractivity contribution in [2.75, 3.05) is 25.6 Å². The number of H-pyrrole nitrogens is 1. The van der Waals surface area contributed by atoms with Crippen LogP contribution in [0.15, 0.2) is 23.8 Å². The third-order valence-electron chi connectivity index (χ3n) is 7.91. The second-order valence-electron chi connectivity index (χ2n) is 10.8. The average Bonchev–Trinajstić information content (AvgIpc) is 3.75. The van der Waals surface area contributed by atoms with Crippen molar-refractivity contribution in [1.82, 2.24) is 44.1 Å². The van der Waals surface area contributed by atoms with E-state index in [9.17, 15) is 28.8 Å². The molecule has 2 bridgehead atoms. The highest BCUT2D eigenvalue weighted by Crippen LogP contribution is 2.52. The van der Waals surface area contributed by atoms with Crippen molar-refractivity contribution in [2.24, 2.45) is 5.92 Å². The Morgan fingerprint density at radius 3 is 2.48 bits per heavy atom. The van der Waals surface area contributed by atoms with Gasteiger partial charge in [0.25, 0.3) is 5.56 Å². The van der Waals surface area contributed by atoms with E-state index in [0.29, 0.717) is 0 Å². The summed E-state index contributed by atoms with van der Waals surface area (Å²) < 4.78 is 72.5. The number of halogens is 1. The van der Waals surface area contributed by atoms with Gasteiger partial charge in [0.2, 0.25) is 0 Å². The zero-order chi connectivity index (χ0) is 32.5. The van der Waals surface area contributed by atoms with E-state index in [2.05, 4.69) is 35.0 Å². The molecule has 7 N–H and O–H groups in total. The van der Waals surface area contributed by atoms with E-state index in [1.165, 1.54) is 24.1 Å². The van der Waals surface area contributed by atoms with Crippen LogP contribution in [0.5, 0.6) is 0 Å². The monoisotopic (exact) mass is 688 g/mol. The lowest BCUT2D eigenvalue weighted by atomic mass is 9.98. The number of rotatable bonds is 3. The number of nitrogens with two attached hydrogens (primary N) is 1. The number of nitrogens with one attached hydrogen (secondary N) is 2. The number of aromatic nitrogens is 8. The van der Waals surface area contributed by atoms with E-state index in [1.54, 1.807) is 0 Å². The van der Waals surface area contributed by atoms with E-state index >= 15 is 4.39 Å². The number of aromatic amines is 1. The molecule has 248 valence electrons. The van der Waals surface area contributed by atoms with Gasteiger partial charge in [0.1, 0.15) is 29.9 Å². The molecule has 7 heterocycles. The van der Waals surface area contributed by atoms with Crippen LogP contribution in [-0.4, -0.2) is 104 Å². The van der Waals surface area contributed by atoms with Gasteiger partial charge in [-0.25, -0.2) is 43.5 Å². The predicted molar refractivity (Wildman–Crippen MR) is 149 cm³/mol. The van der Waals surface area contributed by atoms with E-state index in [0.717, 1.165) is 10.9 Å². The Morgan fingerprint density at radius 2 is 1.72 bits per heavy atom. The summed E-state index contributed by atoms with van der Waals surface area (Å²) in [5.41, 5.74) is 5.50. The zero-order valence-electron chi connectivity index (χ0n) is 23.6. The standard InChI is InChI=1S/C22H27FN10O11P2/c1-8-29-19-15(20(35)30-8)28-7-33(19)22-13-9(2-34)10(42-22)3-41-46(38,39)44-16-11(4-40-45(36,37)31-13)43-21(12(16)23)32-6-27-14-17(24)25-5-26-18(14)32/h5-7,9-13,16,21-22,34H,2-4H2,1H3,(H,38,39)(H2,24,25,26)(H,29,30,35)(H2,31,36,37). The number of ether oxygens (including phenoxy) is 2. The van der Waals surface area contributed by atoms with Crippen molar-refractivity contribution >= 4 is 43.7 Å². The van der Waals surface area contributed by atoms with E-state index < -0.39 is 89.8 Å². The largest absolute Gasteiger partial charge is 0.472 e. The highest BCUT2D eigenvalue weighted by molar-refractivity contribution is 7.50. The summed E-state index contributed by atoms with van der Waals surface area (Å²) in [7, 11) is -9.93. The number of anilines is 1. The lowest BCUT2D eigenvalue weighted by Gasteiger charge is -2.27. The predicted octanol–water partition coefficient (Wildman–Crippen LogP) is -0.817. The van der Waals surface area contributed by atoms with E-state index in [4.69, 9.17) is 28.8 Å². The molecule has 10 atom stereocenters. The van der Waals surface area contributed by atoms with Gasteiger partial charge in [-0.15, -0.1) is 0 Å². The van der Waals surface area contributed by atoms with Gasteiger partial charge in [-0.2, -0.15) is 0 Å². The van der Waals surface area contributed by atoms with Gasteiger partial charge in [-0.3, -0.25) is 27.5 Å². The maximum absolute atomic E-state index is 16.0. The maximum Gasteiger partial charge on any atom is 0.472 e. The van der Waals surface area contributed by atoms with E-state index in [1.807, 2.05) is 0 Å². The topological polar surface area (TPSA) is 286 Å². The third kappa shape index (κ3) is 5.44. The number of hydrogen-bond acceptors (Lipinski definition) is 15. The number of aryl methyl sites for hydroxylation is 1. The number of hydrogen-bond donors (Lipinski definition) is 6. The molecule has 3 fully saturated rings. The van der Waals surface area contributed by atoms with Crippen molar-refractivity contribution in [3.63, 3.8) is 0 Å². The number of phosphoric acid groups is 1. The first-order valence-electron chi connectivity index (χ1n) is 13.7. The smallest absolute Gasteiger partial charge is 0.396 e. The molecule has 46 heavy (non-hydrogen) atoms. The molecular weight excluding hydrogens is 661 g/mol. The van der Waals surface area contributed by atoms with Crippen molar-refractivity contribution < 1.29 is 51.5 Å². The molecule has 0 aliphatic carbocycles. The number of aliphatic hydroxyl groups is 1. The number of phosphoric ester groups is 1. The van der Waals surface area contributed by atoms with Gasteiger partial charge in [0.15, 0.2) is 41.3 Å². The Bertz CT molecular complexity index is 1960. The SMILES string of the molecule is Cc1nc2c(ncn2C2OC3COP(=O)(O)OC4C(COP(=O)(O)NC2C3CO)OC(n2cnc3c(N)ncnc32)C4F)c(=O)[nH]1. The molecule has 3 aliphatic heterocycles. The number of imidazole rings is 2. The highest BCUT2D eigenvalue weighted by atomic mass is 31.2. The molecule has 7 rings (SSSR count). The molecule has 4 aromatic heterocycles. The van der Waals surface area contributed by atoms with Crippen LogP contribution in [0.25, 0.3) is 22.3 Å². The van der Waals surface area contributed by atoms with Crippen LogP contribution >= 0.6 is 15.6 Å². The summed E-state index contributed by atoms with van der Waals surface area (Å²) in [5, 5.41) is 12.7. The second-order valence-corrected chi connectivity index (χ2v) is 13.7. The van der Waals surface area contributed by atoms with Gasteiger partial charge < -0.3 is 35.1 Å². The minimum Gasteiger partial charge on any atom is -0.396 e. The molecule has 0 aromatic carbocycles. The first-order valence-corrected chi connectivity index (χ1v) is 16.8. The Balaban J connectivity index is 1.22. The third-order valence-corrected chi connectivity index (χ3v) is 10.0. The fourth-order valence-electron chi connectivity index (χ4n) is 5.81. The highest BCUT2D eigenvalue weighted by Gasteiger charge is 2.54. The van der Waals surface area contributed by atoms with Gasteiger partial charge in [-0.1, -0.05) is 0 Å². The Labute approximate surface area is 256 Å². The normalized spacial score (nSPS) is 37.2. The molecule has 3 saturated heterocycles. The van der Waals surface area contributed by atoms with Gasteiger partial charge in [0, 0.05) is 5.92 Å². The maximum atomic E-state index is 16.0. The Kier molecular flexibility index (Phi) is 7.81. The van der Waals surface area contributed by atoms with Gasteiger partial charge in [0.05, 0.1) is 44.6 Å². The molecule has 0 spiro atoms. The Morgan fingerprint density at radius 1 is 1.02 bits per heavy atom. The zero-order valence-corrected chi connectivity index (χ0v) is 25.3. The first-order chi connectivity index (χ1) is 21.9. The minimum absolute atomic E-state index is 0.0117. The molecule has 21 nitrogen and oxygen atoms in total. The molecule has 0 radical (unpaired) electrons. The number of aliphatic hydroxyl groups excluding tert-OH is 1. The van der Waals surface area contributed by atoms with Gasteiger partial charge in [-0.05, 0) is 6.92 Å². The molecule has 24 heteroatoms. The molecule has 4 aromatic rings. The summed E-state index contributed by atoms with van der Waals surface area (Å²) >= 11 is 0. The summed E-state index contributed by atoms with van der Waals surface area (Å²) in [4.78, 5) is 56.8. The van der Waals surface area contributed by atoms with Crippen LogP contribution in [0, 0.1) is 12.8 Å². The number of nitrogens with zero attached hydrogens (tertiary/aromatic N) is 7. The summed E-state index contributed by atoms with van der Waals surface area (Å²) in [6.07, 6.45) is -6.04. The quantitative estimate of drug-likeness (QED) is 0.143. The van der Waals surface area contributed by atoms with Crippen LogP contribution in [0.4, 0.5) is 10.2 Å². The summed E-state index contributed by atoms with van der Waals surface area (Å²) in [6, 6.07) is -1.24. The number of alkyl halides is 1. The van der Waals surface area contributed by atoms with Crippen molar-refractivity contribution in [2.45, 2.75) is 49.9 Å². The van der Waals surface area contributed by atoms with Crippen molar-refractivity contribution in [1.29, 1.82) is 0 Å². The number of fused-ring (bicyclic) bond motifs is 5. The number of nitrogen functional groups attached to an aromatic ring is 1.